The molecule has 0 saturated heterocycles. The minimum atomic E-state index is -0.391. The van der Waals surface area contributed by atoms with Gasteiger partial charge in [0.25, 0.3) is 5.69 Å². The summed E-state index contributed by atoms with van der Waals surface area (Å²) < 4.78 is 0.686. The third-order valence-electron chi connectivity index (χ3n) is 2.82. The molecule has 0 radical (unpaired) electrons. The fraction of sp³-hybridized carbons (Fsp3) is 0.143. The summed E-state index contributed by atoms with van der Waals surface area (Å²) in [5.41, 5.74) is 3.57. The van der Waals surface area contributed by atoms with Crippen LogP contribution in [-0.2, 0) is 0 Å². The summed E-state index contributed by atoms with van der Waals surface area (Å²) in [5, 5.41) is 14.2. The van der Waals surface area contributed by atoms with Crippen molar-refractivity contribution < 1.29 is 4.92 Å². The topological polar surface area (TPSA) is 55.2 Å². The van der Waals surface area contributed by atoms with E-state index in [1.165, 1.54) is 6.07 Å². The molecule has 19 heavy (non-hydrogen) atoms. The zero-order chi connectivity index (χ0) is 14.0. The van der Waals surface area contributed by atoms with E-state index in [-0.39, 0.29) is 5.69 Å². The minimum absolute atomic E-state index is 0.0512. The summed E-state index contributed by atoms with van der Waals surface area (Å²) in [6.45, 7) is 3.95. The highest BCUT2D eigenvalue weighted by molar-refractivity contribution is 9.10. The molecule has 2 aromatic carbocycles. The Balaban J connectivity index is 2.43. The Morgan fingerprint density at radius 2 is 1.84 bits per heavy atom. The zero-order valence-corrected chi connectivity index (χ0v) is 12.2. The lowest BCUT2D eigenvalue weighted by molar-refractivity contribution is -0.384. The number of nitro benzene ring substituents is 1. The summed E-state index contributed by atoms with van der Waals surface area (Å²) in [5.74, 6) is 0. The van der Waals surface area contributed by atoms with E-state index in [4.69, 9.17) is 0 Å². The lowest BCUT2D eigenvalue weighted by atomic mass is 10.1. The fourth-order valence-electron chi connectivity index (χ4n) is 1.78. The van der Waals surface area contributed by atoms with Crippen LogP contribution in [0.1, 0.15) is 11.1 Å². The second-order valence-corrected chi connectivity index (χ2v) is 5.28. The number of nitrogens with one attached hydrogen (secondary N) is 1. The maximum absolute atomic E-state index is 11.1. The van der Waals surface area contributed by atoms with Crippen LogP contribution in [0.15, 0.2) is 40.9 Å². The predicted octanol–water partition coefficient (Wildman–Crippen LogP) is 4.72. The Kier molecular flexibility index (Phi) is 3.85. The van der Waals surface area contributed by atoms with Crippen LogP contribution < -0.4 is 5.32 Å². The van der Waals surface area contributed by atoms with Crippen LogP contribution in [-0.4, -0.2) is 4.92 Å². The van der Waals surface area contributed by atoms with Crippen molar-refractivity contribution in [1.29, 1.82) is 0 Å². The molecule has 0 atom stereocenters. The average Bonchev–Trinajstić information content (AvgIpc) is 2.35. The van der Waals surface area contributed by atoms with E-state index in [0.29, 0.717) is 10.2 Å². The molecule has 0 aliphatic carbocycles. The molecule has 2 rings (SSSR count). The molecule has 0 saturated carbocycles. The highest BCUT2D eigenvalue weighted by Gasteiger charge is 2.14. The normalized spacial score (nSPS) is 10.3. The number of nitro groups is 1. The maximum Gasteiger partial charge on any atom is 0.293 e. The fourth-order valence-corrected chi connectivity index (χ4v) is 2.13. The number of anilines is 2. The summed E-state index contributed by atoms with van der Waals surface area (Å²) in [7, 11) is 0. The highest BCUT2D eigenvalue weighted by atomic mass is 79.9. The molecule has 0 aliphatic rings. The molecule has 4 nitrogen and oxygen atoms in total. The van der Waals surface area contributed by atoms with Crippen molar-refractivity contribution in [2.45, 2.75) is 13.8 Å². The lowest BCUT2D eigenvalue weighted by Gasteiger charge is -2.11. The number of benzene rings is 2. The molecule has 5 heteroatoms. The van der Waals surface area contributed by atoms with Crippen molar-refractivity contribution in [3.63, 3.8) is 0 Å². The third kappa shape index (κ3) is 3.12. The molecular weight excluding hydrogens is 308 g/mol. The van der Waals surface area contributed by atoms with Crippen LogP contribution >= 0.6 is 15.9 Å². The molecule has 0 spiro atoms. The van der Waals surface area contributed by atoms with Gasteiger partial charge in [-0.2, -0.15) is 0 Å². The van der Waals surface area contributed by atoms with Crippen molar-refractivity contribution in [2.75, 3.05) is 5.32 Å². The largest absolute Gasteiger partial charge is 0.350 e. The number of aryl methyl sites for hydroxylation is 2. The summed E-state index contributed by atoms with van der Waals surface area (Å²) in [6.07, 6.45) is 0. The molecule has 0 bridgehead atoms. The van der Waals surface area contributed by atoms with Crippen molar-refractivity contribution in [3.05, 3.63) is 62.1 Å². The Morgan fingerprint density at radius 1 is 1.11 bits per heavy atom. The predicted molar refractivity (Wildman–Crippen MR) is 80.0 cm³/mol. The van der Waals surface area contributed by atoms with Crippen LogP contribution in [0.2, 0.25) is 0 Å². The van der Waals surface area contributed by atoms with Crippen LogP contribution in [0, 0.1) is 24.0 Å². The molecule has 0 fully saturated rings. The second-order valence-electron chi connectivity index (χ2n) is 4.36. The molecule has 0 aromatic heterocycles. The van der Waals surface area contributed by atoms with Crippen LogP contribution in [0.4, 0.5) is 17.1 Å². The third-order valence-corrected chi connectivity index (χ3v) is 3.31. The first-order valence-electron chi connectivity index (χ1n) is 5.75. The Bertz CT molecular complexity index is 641. The van der Waals surface area contributed by atoms with E-state index in [0.717, 1.165) is 16.8 Å². The van der Waals surface area contributed by atoms with Crippen LogP contribution in [0.5, 0.6) is 0 Å². The van der Waals surface area contributed by atoms with Crippen LogP contribution in [0.3, 0.4) is 0 Å². The van der Waals surface area contributed by atoms with E-state index in [2.05, 4.69) is 21.2 Å². The van der Waals surface area contributed by atoms with Crippen molar-refractivity contribution in [2.24, 2.45) is 0 Å². The zero-order valence-electron chi connectivity index (χ0n) is 10.6. The molecule has 1 N–H and O–H groups in total. The quantitative estimate of drug-likeness (QED) is 0.657. The number of hydrogen-bond donors (Lipinski definition) is 1. The Labute approximate surface area is 119 Å². The molecule has 2 aromatic rings. The minimum Gasteiger partial charge on any atom is -0.350 e. The van der Waals surface area contributed by atoms with Gasteiger partial charge in [0, 0.05) is 16.2 Å². The Morgan fingerprint density at radius 3 is 2.53 bits per heavy atom. The van der Waals surface area contributed by atoms with Gasteiger partial charge in [-0.05, 0) is 43.2 Å². The smallest absolute Gasteiger partial charge is 0.293 e. The van der Waals surface area contributed by atoms with E-state index in [9.17, 15) is 10.1 Å². The van der Waals surface area contributed by atoms with Crippen LogP contribution in [0.25, 0.3) is 0 Å². The van der Waals surface area contributed by atoms with Crippen molar-refractivity contribution in [1.82, 2.24) is 0 Å². The van der Waals surface area contributed by atoms with Gasteiger partial charge in [0.1, 0.15) is 5.69 Å². The summed E-state index contributed by atoms with van der Waals surface area (Å²) >= 11 is 3.24. The first-order chi connectivity index (χ1) is 8.97. The van der Waals surface area contributed by atoms with E-state index >= 15 is 0 Å². The second kappa shape index (κ2) is 5.40. The molecule has 98 valence electrons. The van der Waals surface area contributed by atoms with Crippen molar-refractivity contribution >= 4 is 33.0 Å². The van der Waals surface area contributed by atoms with Gasteiger partial charge in [0.15, 0.2) is 0 Å². The molecule has 0 heterocycles. The molecular formula is C14H13BrN2O2. The number of halogens is 1. The number of rotatable bonds is 3. The molecule has 0 unspecified atom stereocenters. The van der Waals surface area contributed by atoms with Gasteiger partial charge in [-0.15, -0.1) is 0 Å². The number of nitrogens with zero attached hydrogens (tertiary/aromatic N) is 1. The first kappa shape index (κ1) is 13.5. The van der Waals surface area contributed by atoms with E-state index in [1.807, 2.05) is 32.0 Å². The first-order valence-corrected chi connectivity index (χ1v) is 6.55. The number of hydrogen-bond acceptors (Lipinski definition) is 3. The van der Waals surface area contributed by atoms with Gasteiger partial charge >= 0.3 is 0 Å². The monoisotopic (exact) mass is 320 g/mol. The molecule has 0 amide bonds. The van der Waals surface area contributed by atoms with E-state index in [1.54, 1.807) is 12.1 Å². The average molecular weight is 321 g/mol. The maximum atomic E-state index is 11.1. The highest BCUT2D eigenvalue weighted by Crippen LogP contribution is 2.31. The van der Waals surface area contributed by atoms with E-state index < -0.39 is 4.92 Å². The van der Waals surface area contributed by atoms with Crippen molar-refractivity contribution in [3.8, 4) is 0 Å². The van der Waals surface area contributed by atoms with Gasteiger partial charge in [0.05, 0.1) is 4.92 Å². The van der Waals surface area contributed by atoms with Gasteiger partial charge in [-0.25, -0.2) is 0 Å². The van der Waals surface area contributed by atoms with Gasteiger partial charge in [-0.1, -0.05) is 28.1 Å². The Hall–Kier alpha value is -1.88. The molecule has 0 aliphatic heterocycles. The standard InChI is InChI=1S/C14H13BrN2O2/c1-9-3-4-10(2)13(7-9)16-12-6-5-11(15)8-14(12)17(18)19/h3-8,16H,1-2H3. The van der Waals surface area contributed by atoms with Gasteiger partial charge in [0.2, 0.25) is 0 Å². The van der Waals surface area contributed by atoms with Gasteiger partial charge < -0.3 is 5.32 Å². The lowest BCUT2D eigenvalue weighted by Crippen LogP contribution is -1.98. The van der Waals surface area contributed by atoms with Gasteiger partial charge in [-0.3, -0.25) is 10.1 Å². The summed E-state index contributed by atoms with van der Waals surface area (Å²) in [6, 6.07) is 10.9. The SMILES string of the molecule is Cc1ccc(C)c(Nc2ccc(Br)cc2[N+](=O)[O-])c1. The summed E-state index contributed by atoms with van der Waals surface area (Å²) in [4.78, 5) is 10.7.